The Morgan fingerprint density at radius 1 is 1.14 bits per heavy atom. The van der Waals surface area contributed by atoms with Gasteiger partial charge in [-0.15, -0.1) is 0 Å². The Labute approximate surface area is 135 Å². The van der Waals surface area contributed by atoms with Crippen LogP contribution in [0.5, 0.6) is 0 Å². The van der Waals surface area contributed by atoms with Crippen LogP contribution in [0.2, 0.25) is 0 Å². The van der Waals surface area contributed by atoms with Crippen molar-refractivity contribution in [1.29, 1.82) is 0 Å². The van der Waals surface area contributed by atoms with Crippen LogP contribution in [0.15, 0.2) is 34.9 Å². The van der Waals surface area contributed by atoms with Gasteiger partial charge in [-0.05, 0) is 12.8 Å². The van der Waals surface area contributed by atoms with Crippen molar-refractivity contribution in [2.75, 3.05) is 0 Å². The number of hydrogen-bond acceptors (Lipinski definition) is 3. The van der Waals surface area contributed by atoms with Crippen molar-refractivity contribution in [3.8, 4) is 11.4 Å². The SMILES string of the molecule is FC(F)(c1nc(-c2ccccc2)no1)[C@@H]1CCCCC1I. The van der Waals surface area contributed by atoms with Gasteiger partial charge < -0.3 is 4.52 Å². The van der Waals surface area contributed by atoms with Gasteiger partial charge in [0.05, 0.1) is 0 Å². The Bertz CT molecular complexity index is 603. The fourth-order valence-corrected chi connectivity index (χ4v) is 3.97. The molecule has 1 aromatic heterocycles. The lowest BCUT2D eigenvalue weighted by Gasteiger charge is -2.31. The molecule has 3 rings (SSSR count). The maximum absolute atomic E-state index is 14.6. The topological polar surface area (TPSA) is 38.9 Å². The van der Waals surface area contributed by atoms with Gasteiger partial charge in [0, 0.05) is 15.4 Å². The number of rotatable bonds is 3. The van der Waals surface area contributed by atoms with E-state index < -0.39 is 17.7 Å². The molecule has 2 aromatic rings. The molecule has 1 aliphatic rings. The molecule has 3 nitrogen and oxygen atoms in total. The van der Waals surface area contributed by atoms with E-state index in [4.69, 9.17) is 4.52 Å². The number of aromatic nitrogens is 2. The highest BCUT2D eigenvalue weighted by Crippen LogP contribution is 2.46. The molecule has 0 saturated heterocycles. The first-order chi connectivity index (χ1) is 10.1. The minimum absolute atomic E-state index is 0.0570. The highest BCUT2D eigenvalue weighted by molar-refractivity contribution is 14.1. The Morgan fingerprint density at radius 3 is 2.57 bits per heavy atom. The van der Waals surface area contributed by atoms with Crippen LogP contribution in [0.25, 0.3) is 11.4 Å². The van der Waals surface area contributed by atoms with Gasteiger partial charge in [0.1, 0.15) is 0 Å². The molecular formula is C15H15F2IN2O. The third-order valence-electron chi connectivity index (χ3n) is 3.89. The molecule has 0 aliphatic heterocycles. The van der Waals surface area contributed by atoms with Crippen LogP contribution in [0, 0.1) is 5.92 Å². The lowest BCUT2D eigenvalue weighted by Crippen LogP contribution is -2.35. The van der Waals surface area contributed by atoms with Crippen LogP contribution in [-0.2, 0) is 5.92 Å². The zero-order valence-corrected chi connectivity index (χ0v) is 13.5. The quantitative estimate of drug-likeness (QED) is 0.544. The molecular weight excluding hydrogens is 389 g/mol. The third kappa shape index (κ3) is 2.95. The summed E-state index contributed by atoms with van der Waals surface area (Å²) < 4.78 is 34.1. The summed E-state index contributed by atoms with van der Waals surface area (Å²) in [4.78, 5) is 3.93. The van der Waals surface area contributed by atoms with Gasteiger partial charge in [-0.2, -0.15) is 13.8 Å². The molecule has 21 heavy (non-hydrogen) atoms. The maximum atomic E-state index is 14.6. The minimum Gasteiger partial charge on any atom is -0.332 e. The van der Waals surface area contributed by atoms with Crippen molar-refractivity contribution >= 4 is 22.6 Å². The Morgan fingerprint density at radius 2 is 1.86 bits per heavy atom. The Balaban J connectivity index is 1.88. The largest absolute Gasteiger partial charge is 0.332 e. The maximum Gasteiger partial charge on any atom is 0.328 e. The molecule has 1 heterocycles. The van der Waals surface area contributed by atoms with Gasteiger partial charge in [0.25, 0.3) is 5.89 Å². The Kier molecular flexibility index (Phi) is 4.24. The van der Waals surface area contributed by atoms with Gasteiger partial charge >= 0.3 is 5.92 Å². The van der Waals surface area contributed by atoms with Crippen LogP contribution in [-0.4, -0.2) is 14.1 Å². The third-order valence-corrected chi connectivity index (χ3v) is 5.38. The van der Waals surface area contributed by atoms with Crippen molar-refractivity contribution in [3.63, 3.8) is 0 Å². The normalized spacial score (nSPS) is 23.2. The lowest BCUT2D eigenvalue weighted by atomic mass is 9.84. The zero-order valence-electron chi connectivity index (χ0n) is 11.3. The lowest BCUT2D eigenvalue weighted by molar-refractivity contribution is -0.0973. The number of nitrogens with zero attached hydrogens (tertiary/aromatic N) is 2. The summed E-state index contributed by atoms with van der Waals surface area (Å²) in [5.74, 6) is -4.14. The van der Waals surface area contributed by atoms with Crippen molar-refractivity contribution in [2.45, 2.75) is 35.5 Å². The molecule has 1 unspecified atom stereocenters. The molecule has 1 fully saturated rings. The molecule has 112 valence electrons. The second kappa shape index (κ2) is 5.98. The van der Waals surface area contributed by atoms with E-state index >= 15 is 0 Å². The summed E-state index contributed by atoms with van der Waals surface area (Å²) >= 11 is 2.12. The molecule has 0 amide bonds. The summed E-state index contributed by atoms with van der Waals surface area (Å²) in [5.41, 5.74) is 0.679. The number of hydrogen-bond donors (Lipinski definition) is 0. The molecule has 0 spiro atoms. The van der Waals surface area contributed by atoms with E-state index in [9.17, 15) is 8.78 Å². The van der Waals surface area contributed by atoms with Crippen molar-refractivity contribution in [2.24, 2.45) is 5.92 Å². The van der Waals surface area contributed by atoms with E-state index in [-0.39, 0.29) is 9.75 Å². The summed E-state index contributed by atoms with van der Waals surface area (Å²) in [6.45, 7) is 0. The highest BCUT2D eigenvalue weighted by atomic mass is 127. The van der Waals surface area contributed by atoms with Crippen molar-refractivity contribution in [3.05, 3.63) is 36.2 Å². The fourth-order valence-electron chi connectivity index (χ4n) is 2.72. The second-order valence-electron chi connectivity index (χ2n) is 5.32. The first kappa shape index (κ1) is 14.9. The van der Waals surface area contributed by atoms with E-state index in [1.165, 1.54) is 0 Å². The molecule has 1 saturated carbocycles. The number of alkyl halides is 3. The van der Waals surface area contributed by atoms with Crippen LogP contribution >= 0.6 is 22.6 Å². The summed E-state index contributed by atoms with van der Waals surface area (Å²) in [6.07, 6.45) is 3.17. The van der Waals surface area contributed by atoms with E-state index in [0.29, 0.717) is 12.0 Å². The van der Waals surface area contributed by atoms with E-state index in [1.54, 1.807) is 12.1 Å². The molecule has 0 N–H and O–H groups in total. The minimum atomic E-state index is -3.06. The van der Waals surface area contributed by atoms with Crippen LogP contribution in [0.3, 0.4) is 0 Å². The first-order valence-electron chi connectivity index (χ1n) is 7.00. The molecule has 0 bridgehead atoms. The van der Waals surface area contributed by atoms with Gasteiger partial charge in [-0.3, -0.25) is 0 Å². The van der Waals surface area contributed by atoms with Crippen molar-refractivity contribution in [1.82, 2.24) is 10.1 Å². The molecule has 6 heteroatoms. The predicted octanol–water partition coefficient (Wildman–Crippen LogP) is 4.82. The van der Waals surface area contributed by atoms with E-state index in [1.807, 2.05) is 18.2 Å². The van der Waals surface area contributed by atoms with Gasteiger partial charge in [-0.25, -0.2) is 0 Å². The standard InChI is InChI=1S/C15H15F2IN2O/c16-15(17,11-8-4-5-9-12(11)18)14-19-13(20-21-14)10-6-2-1-3-7-10/h1-3,6-7,11-12H,4-5,8-9H2/t11-,12?/m1/s1. The smallest absolute Gasteiger partial charge is 0.328 e. The molecule has 1 aromatic carbocycles. The van der Waals surface area contributed by atoms with Crippen LogP contribution < -0.4 is 0 Å². The number of benzene rings is 1. The van der Waals surface area contributed by atoms with Crippen LogP contribution in [0.4, 0.5) is 8.78 Å². The van der Waals surface area contributed by atoms with Gasteiger partial charge in [0.15, 0.2) is 0 Å². The molecule has 1 aliphatic carbocycles. The van der Waals surface area contributed by atoms with Gasteiger partial charge in [0.2, 0.25) is 5.82 Å². The van der Waals surface area contributed by atoms with E-state index in [2.05, 4.69) is 32.7 Å². The Hall–Kier alpha value is -1.05. The molecule has 2 atom stereocenters. The predicted molar refractivity (Wildman–Crippen MR) is 83.4 cm³/mol. The average molecular weight is 404 g/mol. The second-order valence-corrected chi connectivity index (χ2v) is 6.92. The van der Waals surface area contributed by atoms with Crippen molar-refractivity contribution < 1.29 is 13.3 Å². The average Bonchev–Trinajstić information content (AvgIpc) is 2.99. The highest BCUT2D eigenvalue weighted by Gasteiger charge is 2.50. The number of halogens is 3. The fraction of sp³-hybridized carbons (Fsp3) is 0.467. The summed E-state index contributed by atoms with van der Waals surface area (Å²) in [6, 6.07) is 9.02. The summed E-state index contributed by atoms with van der Waals surface area (Å²) in [5, 5.41) is 3.70. The zero-order chi connectivity index (χ0) is 14.9. The van der Waals surface area contributed by atoms with Crippen LogP contribution in [0.1, 0.15) is 31.6 Å². The molecule has 0 radical (unpaired) electrons. The monoisotopic (exact) mass is 404 g/mol. The van der Waals surface area contributed by atoms with Gasteiger partial charge in [-0.1, -0.05) is 70.9 Å². The first-order valence-corrected chi connectivity index (χ1v) is 8.25. The summed E-state index contributed by atoms with van der Waals surface area (Å²) in [7, 11) is 0. The van der Waals surface area contributed by atoms with E-state index in [0.717, 1.165) is 19.3 Å².